The van der Waals surface area contributed by atoms with Gasteiger partial charge in [-0.2, -0.15) is 13.2 Å². The quantitative estimate of drug-likeness (QED) is 0.478. The normalized spacial score (nSPS) is 12.7. The van der Waals surface area contributed by atoms with E-state index in [0.717, 1.165) is 29.7 Å². The number of nitrogens with zero attached hydrogens (tertiary/aromatic N) is 2. The number of hydrogen-bond acceptors (Lipinski definition) is 4. The molecule has 1 atom stereocenters. The van der Waals surface area contributed by atoms with Gasteiger partial charge < -0.3 is 9.73 Å². The van der Waals surface area contributed by atoms with Crippen LogP contribution in [-0.2, 0) is 25.8 Å². The molecule has 1 heterocycles. The maximum absolute atomic E-state index is 12.9. The summed E-state index contributed by atoms with van der Waals surface area (Å²) in [5.41, 5.74) is 1.30. The Morgan fingerprint density at radius 2 is 1.66 bits per heavy atom. The standard InChI is InChI=1S/C24H26F3N3O2/c1-3-17(2)28-23(31)21-16-32-22(29-21)15-30(13-18-7-5-4-6-8-18)14-19-9-11-20(12-10-19)24(25,26)27/h4-12,16-17H,3,13-15H2,1-2H3,(H,28,31). The molecule has 170 valence electrons. The Morgan fingerprint density at radius 3 is 2.25 bits per heavy atom. The third-order valence-corrected chi connectivity index (χ3v) is 5.07. The van der Waals surface area contributed by atoms with Crippen molar-refractivity contribution in [3.63, 3.8) is 0 Å². The number of carbonyl (C=O) groups excluding carboxylic acids is 1. The van der Waals surface area contributed by atoms with E-state index in [4.69, 9.17) is 4.42 Å². The molecule has 0 fully saturated rings. The van der Waals surface area contributed by atoms with Gasteiger partial charge in [-0.25, -0.2) is 4.98 Å². The number of aromatic nitrogens is 1. The smallest absolute Gasteiger partial charge is 0.416 e. The Balaban J connectivity index is 1.74. The van der Waals surface area contributed by atoms with Gasteiger partial charge in [0.25, 0.3) is 5.91 Å². The first-order valence-corrected chi connectivity index (χ1v) is 10.4. The number of rotatable bonds is 9. The molecule has 0 aliphatic carbocycles. The average Bonchev–Trinajstić information content (AvgIpc) is 3.22. The highest BCUT2D eigenvalue weighted by atomic mass is 19.4. The van der Waals surface area contributed by atoms with Gasteiger partial charge in [-0.3, -0.25) is 9.69 Å². The molecule has 3 aromatic rings. The molecule has 5 nitrogen and oxygen atoms in total. The van der Waals surface area contributed by atoms with Crippen molar-refractivity contribution < 1.29 is 22.4 Å². The van der Waals surface area contributed by atoms with Crippen LogP contribution in [0.2, 0.25) is 0 Å². The van der Waals surface area contributed by atoms with Crippen LogP contribution in [0.15, 0.2) is 65.3 Å². The number of carbonyl (C=O) groups is 1. The first-order chi connectivity index (χ1) is 15.2. The van der Waals surface area contributed by atoms with Gasteiger partial charge in [0.1, 0.15) is 6.26 Å². The highest BCUT2D eigenvalue weighted by Crippen LogP contribution is 2.29. The van der Waals surface area contributed by atoms with Crippen LogP contribution in [0, 0.1) is 0 Å². The fourth-order valence-electron chi connectivity index (χ4n) is 3.15. The Kier molecular flexibility index (Phi) is 7.69. The van der Waals surface area contributed by atoms with Crippen LogP contribution in [0.4, 0.5) is 13.2 Å². The molecule has 8 heteroatoms. The Labute approximate surface area is 185 Å². The van der Waals surface area contributed by atoms with E-state index in [9.17, 15) is 18.0 Å². The molecule has 1 N–H and O–H groups in total. The first-order valence-electron chi connectivity index (χ1n) is 10.4. The van der Waals surface area contributed by atoms with Gasteiger partial charge in [-0.05, 0) is 36.6 Å². The first kappa shape index (κ1) is 23.5. The molecule has 0 bridgehead atoms. The van der Waals surface area contributed by atoms with E-state index in [0.29, 0.717) is 25.5 Å². The van der Waals surface area contributed by atoms with Crippen molar-refractivity contribution in [3.8, 4) is 0 Å². The number of nitrogens with one attached hydrogen (secondary N) is 1. The topological polar surface area (TPSA) is 58.4 Å². The largest absolute Gasteiger partial charge is 0.447 e. The molecule has 0 aliphatic heterocycles. The number of benzene rings is 2. The summed E-state index contributed by atoms with van der Waals surface area (Å²) in [7, 11) is 0. The molecular weight excluding hydrogens is 419 g/mol. The van der Waals surface area contributed by atoms with E-state index in [1.807, 2.05) is 49.1 Å². The second-order valence-electron chi connectivity index (χ2n) is 7.73. The molecule has 1 aromatic heterocycles. The molecule has 0 saturated carbocycles. The van der Waals surface area contributed by atoms with Crippen LogP contribution < -0.4 is 5.32 Å². The van der Waals surface area contributed by atoms with Crippen LogP contribution in [0.1, 0.15) is 53.3 Å². The lowest BCUT2D eigenvalue weighted by Crippen LogP contribution is -2.32. The second-order valence-corrected chi connectivity index (χ2v) is 7.73. The van der Waals surface area contributed by atoms with Gasteiger partial charge in [0.2, 0.25) is 5.89 Å². The van der Waals surface area contributed by atoms with E-state index >= 15 is 0 Å². The molecule has 2 aromatic carbocycles. The second kappa shape index (κ2) is 10.5. The fraction of sp³-hybridized carbons (Fsp3) is 0.333. The van der Waals surface area contributed by atoms with Gasteiger partial charge in [0, 0.05) is 19.1 Å². The fourth-order valence-corrected chi connectivity index (χ4v) is 3.15. The summed E-state index contributed by atoms with van der Waals surface area (Å²) >= 11 is 0. The van der Waals surface area contributed by atoms with Gasteiger partial charge in [0.15, 0.2) is 5.69 Å². The van der Waals surface area contributed by atoms with Crippen LogP contribution in [-0.4, -0.2) is 21.8 Å². The van der Waals surface area contributed by atoms with Crippen molar-refractivity contribution in [2.24, 2.45) is 0 Å². The maximum atomic E-state index is 12.9. The van der Waals surface area contributed by atoms with Gasteiger partial charge in [0.05, 0.1) is 12.1 Å². The molecule has 0 saturated heterocycles. The summed E-state index contributed by atoms with van der Waals surface area (Å²) in [5, 5.41) is 2.84. The minimum Gasteiger partial charge on any atom is -0.447 e. The predicted molar refractivity (Wildman–Crippen MR) is 115 cm³/mol. The monoisotopic (exact) mass is 445 g/mol. The van der Waals surface area contributed by atoms with E-state index < -0.39 is 11.7 Å². The maximum Gasteiger partial charge on any atom is 0.416 e. The van der Waals surface area contributed by atoms with E-state index in [2.05, 4.69) is 10.3 Å². The number of hydrogen-bond donors (Lipinski definition) is 1. The summed E-state index contributed by atoms with van der Waals surface area (Å²) in [4.78, 5) is 18.6. The van der Waals surface area contributed by atoms with Crippen molar-refractivity contribution in [2.45, 2.75) is 52.1 Å². The lowest BCUT2D eigenvalue weighted by atomic mass is 10.1. The van der Waals surface area contributed by atoms with Gasteiger partial charge in [-0.15, -0.1) is 0 Å². The molecule has 1 amide bonds. The van der Waals surface area contributed by atoms with E-state index in [1.54, 1.807) is 0 Å². The number of amides is 1. The van der Waals surface area contributed by atoms with Crippen molar-refractivity contribution in [1.82, 2.24) is 15.2 Å². The Bertz CT molecular complexity index is 1000. The molecular formula is C24H26F3N3O2. The molecule has 32 heavy (non-hydrogen) atoms. The lowest BCUT2D eigenvalue weighted by Gasteiger charge is -2.21. The minimum absolute atomic E-state index is 0.0249. The van der Waals surface area contributed by atoms with E-state index in [1.165, 1.54) is 18.4 Å². The van der Waals surface area contributed by atoms with Crippen LogP contribution in [0.3, 0.4) is 0 Å². The molecule has 0 radical (unpaired) electrons. The lowest BCUT2D eigenvalue weighted by molar-refractivity contribution is -0.137. The minimum atomic E-state index is -4.37. The summed E-state index contributed by atoms with van der Waals surface area (Å²) in [5.74, 6) is 0.0637. The third-order valence-electron chi connectivity index (χ3n) is 5.07. The molecule has 3 rings (SSSR count). The molecule has 0 aliphatic rings. The summed E-state index contributed by atoms with van der Waals surface area (Å²) < 4.78 is 44.1. The predicted octanol–water partition coefficient (Wildman–Crippen LogP) is 5.42. The van der Waals surface area contributed by atoms with Crippen LogP contribution >= 0.6 is 0 Å². The Hall–Kier alpha value is -3.13. The SMILES string of the molecule is CCC(C)NC(=O)c1coc(CN(Cc2ccccc2)Cc2ccc(C(F)(F)F)cc2)n1. The zero-order valence-electron chi connectivity index (χ0n) is 18.0. The summed E-state index contributed by atoms with van der Waals surface area (Å²) in [6.45, 7) is 5.11. The van der Waals surface area contributed by atoms with Crippen LogP contribution in [0.5, 0.6) is 0 Å². The zero-order chi connectivity index (χ0) is 23.1. The van der Waals surface area contributed by atoms with Gasteiger partial charge in [-0.1, -0.05) is 49.4 Å². The van der Waals surface area contributed by atoms with Gasteiger partial charge >= 0.3 is 6.18 Å². The van der Waals surface area contributed by atoms with Crippen LogP contribution in [0.25, 0.3) is 0 Å². The molecule has 0 spiro atoms. The highest BCUT2D eigenvalue weighted by molar-refractivity contribution is 5.92. The zero-order valence-corrected chi connectivity index (χ0v) is 18.0. The van der Waals surface area contributed by atoms with Crippen molar-refractivity contribution in [3.05, 3.63) is 89.1 Å². The number of halogens is 3. The third kappa shape index (κ3) is 6.68. The highest BCUT2D eigenvalue weighted by Gasteiger charge is 2.30. The van der Waals surface area contributed by atoms with Crippen molar-refractivity contribution in [1.29, 1.82) is 0 Å². The van der Waals surface area contributed by atoms with E-state index in [-0.39, 0.29) is 17.6 Å². The Morgan fingerprint density at radius 1 is 1.03 bits per heavy atom. The average molecular weight is 445 g/mol. The summed E-state index contributed by atoms with van der Waals surface area (Å²) in [6, 6.07) is 14.8. The number of oxazole rings is 1. The van der Waals surface area contributed by atoms with Crippen molar-refractivity contribution in [2.75, 3.05) is 0 Å². The number of alkyl halides is 3. The molecule has 1 unspecified atom stereocenters. The summed E-state index contributed by atoms with van der Waals surface area (Å²) in [6.07, 6.45) is -2.24. The van der Waals surface area contributed by atoms with Crippen molar-refractivity contribution >= 4 is 5.91 Å².